The smallest absolute Gasteiger partial charge is 0.256 e. The molecule has 0 bridgehead atoms. The van der Waals surface area contributed by atoms with E-state index in [-0.39, 0.29) is 5.91 Å². The zero-order chi connectivity index (χ0) is 9.64. The Kier molecular flexibility index (Phi) is 2.00. The Bertz CT molecular complexity index is 387. The number of fused-ring (bicyclic) bond motifs is 1. The number of alkyl halides is 2. The fraction of sp³-hybridized carbons (Fsp3) is 0.222. The minimum Gasteiger partial charge on any atom is -0.323 e. The molecule has 0 saturated carbocycles. The lowest BCUT2D eigenvalue weighted by Crippen LogP contribution is -2.20. The number of hydrogen-bond acceptors (Lipinski definition) is 1. The van der Waals surface area contributed by atoms with Crippen molar-refractivity contribution in [1.82, 2.24) is 0 Å². The van der Waals surface area contributed by atoms with Crippen LogP contribution in [0.2, 0.25) is 0 Å². The number of nitrogens with one attached hydrogen (secondary N) is 1. The fourth-order valence-electron chi connectivity index (χ4n) is 1.35. The molecule has 0 unspecified atom stereocenters. The van der Waals surface area contributed by atoms with E-state index in [1.165, 1.54) is 0 Å². The van der Waals surface area contributed by atoms with Crippen molar-refractivity contribution in [3.05, 3.63) is 29.3 Å². The molecule has 1 aromatic rings. The Hall–Kier alpha value is -0.350. The quantitative estimate of drug-likeness (QED) is 0.734. The van der Waals surface area contributed by atoms with Crippen LogP contribution in [0.25, 0.3) is 0 Å². The van der Waals surface area contributed by atoms with Crippen LogP contribution in [0, 0.1) is 6.92 Å². The minimum atomic E-state index is -0.749. The van der Waals surface area contributed by atoms with Crippen molar-refractivity contribution >= 4 is 43.5 Å². The number of halogens is 2. The molecule has 1 heterocycles. The van der Waals surface area contributed by atoms with Gasteiger partial charge in [0.05, 0.1) is 0 Å². The van der Waals surface area contributed by atoms with Crippen molar-refractivity contribution in [2.75, 3.05) is 5.32 Å². The summed E-state index contributed by atoms with van der Waals surface area (Å²) in [5.41, 5.74) is 2.94. The Morgan fingerprint density at radius 1 is 1.38 bits per heavy atom. The highest BCUT2D eigenvalue weighted by atomic mass is 79.9. The topological polar surface area (TPSA) is 29.1 Å². The Morgan fingerprint density at radius 3 is 2.77 bits per heavy atom. The number of aryl methyl sites for hydroxylation is 1. The fourth-order valence-corrected chi connectivity index (χ4v) is 2.20. The van der Waals surface area contributed by atoms with Crippen LogP contribution in [0.5, 0.6) is 0 Å². The van der Waals surface area contributed by atoms with E-state index in [1.807, 2.05) is 25.1 Å². The largest absolute Gasteiger partial charge is 0.323 e. The van der Waals surface area contributed by atoms with Gasteiger partial charge in [-0.3, -0.25) is 4.79 Å². The molecule has 0 aliphatic carbocycles. The van der Waals surface area contributed by atoms with Crippen LogP contribution < -0.4 is 5.32 Å². The first-order chi connectivity index (χ1) is 6.01. The first kappa shape index (κ1) is 9.21. The van der Waals surface area contributed by atoms with Gasteiger partial charge in [0, 0.05) is 11.3 Å². The van der Waals surface area contributed by atoms with E-state index >= 15 is 0 Å². The molecule has 0 saturated heterocycles. The maximum atomic E-state index is 11.5. The van der Waals surface area contributed by atoms with Crippen molar-refractivity contribution in [2.24, 2.45) is 0 Å². The van der Waals surface area contributed by atoms with Gasteiger partial charge in [0.2, 0.25) is 0 Å². The summed E-state index contributed by atoms with van der Waals surface area (Å²) in [4.78, 5) is 11.5. The average Bonchev–Trinajstić information content (AvgIpc) is 2.27. The van der Waals surface area contributed by atoms with E-state index in [9.17, 15) is 4.79 Å². The lowest BCUT2D eigenvalue weighted by Gasteiger charge is -2.10. The van der Waals surface area contributed by atoms with E-state index in [2.05, 4.69) is 37.2 Å². The molecule has 1 aromatic carbocycles. The summed E-state index contributed by atoms with van der Waals surface area (Å²) in [6.07, 6.45) is 0. The van der Waals surface area contributed by atoms with Gasteiger partial charge in [0.15, 0.2) is 3.23 Å². The molecule has 1 aliphatic rings. The van der Waals surface area contributed by atoms with Gasteiger partial charge in [-0.05, 0) is 13.0 Å². The average molecular weight is 305 g/mol. The van der Waals surface area contributed by atoms with Crippen molar-refractivity contribution in [1.29, 1.82) is 0 Å². The van der Waals surface area contributed by atoms with Crippen LogP contribution in [0.1, 0.15) is 11.1 Å². The zero-order valence-electron chi connectivity index (χ0n) is 6.90. The molecule has 0 spiro atoms. The van der Waals surface area contributed by atoms with Gasteiger partial charge in [-0.2, -0.15) is 0 Å². The third kappa shape index (κ3) is 1.32. The molecule has 68 valence electrons. The van der Waals surface area contributed by atoms with Crippen LogP contribution in [0.3, 0.4) is 0 Å². The van der Waals surface area contributed by atoms with Crippen molar-refractivity contribution < 1.29 is 4.79 Å². The van der Waals surface area contributed by atoms with E-state index in [4.69, 9.17) is 0 Å². The molecular formula is C9H7Br2NO. The molecular weight excluding hydrogens is 298 g/mol. The molecule has 4 heteroatoms. The van der Waals surface area contributed by atoms with Crippen LogP contribution in [-0.4, -0.2) is 5.91 Å². The van der Waals surface area contributed by atoms with E-state index in [0.29, 0.717) is 0 Å². The normalized spacial score (nSPS) is 18.2. The van der Waals surface area contributed by atoms with Gasteiger partial charge in [0.1, 0.15) is 0 Å². The van der Waals surface area contributed by atoms with Crippen molar-refractivity contribution in [3.63, 3.8) is 0 Å². The van der Waals surface area contributed by atoms with E-state index in [0.717, 1.165) is 16.8 Å². The Balaban J connectivity index is 2.64. The first-order valence-electron chi connectivity index (χ1n) is 3.82. The number of amides is 1. The summed E-state index contributed by atoms with van der Waals surface area (Å²) in [6, 6.07) is 5.87. The first-order valence-corrected chi connectivity index (χ1v) is 5.41. The molecule has 1 aliphatic heterocycles. The Morgan fingerprint density at radius 2 is 2.08 bits per heavy atom. The predicted molar refractivity (Wildman–Crippen MR) is 59.3 cm³/mol. The summed E-state index contributed by atoms with van der Waals surface area (Å²) < 4.78 is -0.749. The maximum absolute atomic E-state index is 11.5. The molecule has 2 rings (SSSR count). The number of anilines is 1. The second-order valence-electron chi connectivity index (χ2n) is 3.08. The maximum Gasteiger partial charge on any atom is 0.256 e. The van der Waals surface area contributed by atoms with Gasteiger partial charge in [0.25, 0.3) is 5.91 Å². The molecule has 0 fully saturated rings. The number of carbonyl (C=O) groups is 1. The summed E-state index contributed by atoms with van der Waals surface area (Å²) in [5.74, 6) is -0.0758. The summed E-state index contributed by atoms with van der Waals surface area (Å²) in [5, 5.41) is 2.78. The SMILES string of the molecule is Cc1ccc2c(c1)C(Br)(Br)C(=O)N2. The molecule has 1 amide bonds. The third-order valence-corrected chi connectivity index (χ3v) is 3.62. The lowest BCUT2D eigenvalue weighted by atomic mass is 10.1. The second kappa shape index (κ2) is 2.82. The summed E-state index contributed by atoms with van der Waals surface area (Å²) in [6.45, 7) is 2.00. The highest BCUT2D eigenvalue weighted by molar-refractivity contribution is 9.25. The lowest BCUT2D eigenvalue weighted by molar-refractivity contribution is -0.115. The van der Waals surface area contributed by atoms with Gasteiger partial charge < -0.3 is 5.32 Å². The summed E-state index contributed by atoms with van der Waals surface area (Å²) in [7, 11) is 0. The van der Waals surface area contributed by atoms with E-state index in [1.54, 1.807) is 0 Å². The van der Waals surface area contributed by atoms with Gasteiger partial charge in [-0.25, -0.2) is 0 Å². The van der Waals surface area contributed by atoms with Crippen molar-refractivity contribution in [2.45, 2.75) is 10.2 Å². The highest BCUT2D eigenvalue weighted by Crippen LogP contribution is 2.47. The van der Waals surface area contributed by atoms with Crippen molar-refractivity contribution in [3.8, 4) is 0 Å². The minimum absolute atomic E-state index is 0.0758. The highest BCUT2D eigenvalue weighted by Gasteiger charge is 2.42. The van der Waals surface area contributed by atoms with Gasteiger partial charge >= 0.3 is 0 Å². The molecule has 13 heavy (non-hydrogen) atoms. The molecule has 1 N–H and O–H groups in total. The molecule has 0 atom stereocenters. The van der Waals surface area contributed by atoms with Crippen LogP contribution in [0.4, 0.5) is 5.69 Å². The second-order valence-corrected chi connectivity index (χ2v) is 6.52. The van der Waals surface area contributed by atoms with Gasteiger partial charge in [-0.15, -0.1) is 0 Å². The third-order valence-electron chi connectivity index (χ3n) is 2.05. The number of rotatable bonds is 0. The number of carbonyl (C=O) groups excluding carboxylic acids is 1. The molecule has 0 aromatic heterocycles. The number of benzene rings is 1. The van der Waals surface area contributed by atoms with Gasteiger partial charge in [-0.1, -0.05) is 49.6 Å². The standard InChI is InChI=1S/C9H7Br2NO/c1-5-2-3-7-6(4-5)9(10,11)8(13)12-7/h2-4H,1H3,(H,12,13). The monoisotopic (exact) mass is 303 g/mol. The summed E-state index contributed by atoms with van der Waals surface area (Å²) >= 11 is 6.69. The van der Waals surface area contributed by atoms with Crippen LogP contribution >= 0.6 is 31.9 Å². The van der Waals surface area contributed by atoms with Crippen LogP contribution in [-0.2, 0) is 8.03 Å². The number of hydrogen-bond donors (Lipinski definition) is 1. The van der Waals surface area contributed by atoms with E-state index < -0.39 is 3.23 Å². The molecule has 0 radical (unpaired) electrons. The zero-order valence-corrected chi connectivity index (χ0v) is 10.1. The predicted octanol–water partition coefficient (Wildman–Crippen LogP) is 2.89. The Labute approximate surface area is 93.0 Å². The van der Waals surface area contributed by atoms with Crippen LogP contribution in [0.15, 0.2) is 18.2 Å². The molecule has 2 nitrogen and oxygen atoms in total.